The molecule has 0 saturated carbocycles. The molecule has 7 heavy (non-hydrogen) atoms. The molecule has 0 aromatic heterocycles. The normalized spacial score (nSPS) is 22.7. The summed E-state index contributed by atoms with van der Waals surface area (Å²) in [4.78, 5) is 8.59. The Morgan fingerprint density at radius 1 is 1.57 bits per heavy atom. The fourth-order valence-electron chi connectivity index (χ4n) is 0.272. The minimum atomic E-state index is 0.328. The molecule has 0 spiro atoms. The van der Waals surface area contributed by atoms with Crippen LogP contribution in [0.15, 0.2) is 0 Å². The van der Waals surface area contributed by atoms with Crippen molar-refractivity contribution in [2.45, 2.75) is 19.9 Å². The van der Waals surface area contributed by atoms with Gasteiger partial charge in [0.2, 0.25) is 0 Å². The Hall–Kier alpha value is -0.160. The van der Waals surface area contributed by atoms with Crippen LogP contribution >= 0.6 is 0 Å². The van der Waals surface area contributed by atoms with Gasteiger partial charge >= 0.3 is 0 Å². The first-order valence-corrected chi connectivity index (χ1v) is 2.19. The fraction of sp³-hybridized carbons (Fsp3) is 1.00. The summed E-state index contributed by atoms with van der Waals surface area (Å²) in [6, 6.07) is 0.328. The molecule has 1 fully saturated rings. The smallest absolute Gasteiger partial charge is 0.0512 e. The van der Waals surface area contributed by atoms with Crippen molar-refractivity contribution in [2.75, 3.05) is 0 Å². The second kappa shape index (κ2) is 1.75. The SMILES string of the molecule is CC(C)N1NOO1. The Bertz CT molecular complexity index is 62.0. The second-order valence-electron chi connectivity index (χ2n) is 1.67. The van der Waals surface area contributed by atoms with Gasteiger partial charge in [0, 0.05) is 0 Å². The number of nitrogens with zero attached hydrogens (tertiary/aromatic N) is 1. The molecule has 4 nitrogen and oxygen atoms in total. The molecule has 4 heteroatoms. The van der Waals surface area contributed by atoms with Gasteiger partial charge in [-0.05, 0) is 13.8 Å². The predicted molar refractivity (Wildman–Crippen MR) is 22.3 cm³/mol. The molecular formula is C3H8N2O2. The molecule has 1 aliphatic rings. The van der Waals surface area contributed by atoms with Crippen molar-refractivity contribution in [3.05, 3.63) is 0 Å². The summed E-state index contributed by atoms with van der Waals surface area (Å²) in [5, 5.41) is 1.50. The number of hydrogen-bond donors (Lipinski definition) is 1. The van der Waals surface area contributed by atoms with Gasteiger partial charge in [-0.25, -0.2) is 0 Å². The molecular weight excluding hydrogens is 96.0 g/mol. The van der Waals surface area contributed by atoms with Crippen molar-refractivity contribution in [3.8, 4) is 0 Å². The van der Waals surface area contributed by atoms with E-state index in [9.17, 15) is 0 Å². The highest BCUT2D eigenvalue weighted by atomic mass is 17.4. The van der Waals surface area contributed by atoms with Crippen LogP contribution in [-0.4, -0.2) is 11.2 Å². The molecule has 0 aromatic rings. The molecule has 42 valence electrons. The lowest BCUT2D eigenvalue weighted by molar-refractivity contribution is -0.624. The van der Waals surface area contributed by atoms with Crippen molar-refractivity contribution in [2.24, 2.45) is 0 Å². The highest BCUT2D eigenvalue weighted by Crippen LogP contribution is 2.01. The van der Waals surface area contributed by atoms with E-state index in [2.05, 4.69) is 15.6 Å². The fourth-order valence-corrected chi connectivity index (χ4v) is 0.272. The molecule has 1 N–H and O–H groups in total. The van der Waals surface area contributed by atoms with Gasteiger partial charge in [0.1, 0.15) is 0 Å². The Kier molecular flexibility index (Phi) is 1.25. The molecule has 0 unspecified atom stereocenters. The Balaban J connectivity index is 2.14. The van der Waals surface area contributed by atoms with Crippen LogP contribution in [0.1, 0.15) is 13.8 Å². The maximum atomic E-state index is 4.41. The van der Waals surface area contributed by atoms with E-state index in [1.807, 2.05) is 13.8 Å². The zero-order valence-corrected chi connectivity index (χ0v) is 4.34. The van der Waals surface area contributed by atoms with E-state index in [4.69, 9.17) is 0 Å². The average molecular weight is 104 g/mol. The number of nitrogens with one attached hydrogen (secondary N) is 1. The topological polar surface area (TPSA) is 33.7 Å². The summed E-state index contributed by atoms with van der Waals surface area (Å²) < 4.78 is 0. The van der Waals surface area contributed by atoms with E-state index in [-0.39, 0.29) is 0 Å². The third kappa shape index (κ3) is 0.889. The van der Waals surface area contributed by atoms with E-state index in [1.165, 1.54) is 5.17 Å². The zero-order valence-electron chi connectivity index (χ0n) is 4.34. The van der Waals surface area contributed by atoms with Crippen molar-refractivity contribution in [1.82, 2.24) is 10.8 Å². The Morgan fingerprint density at radius 3 is 2.14 bits per heavy atom. The maximum Gasteiger partial charge on any atom is 0.0512 e. The van der Waals surface area contributed by atoms with Crippen molar-refractivity contribution in [3.63, 3.8) is 0 Å². The second-order valence-corrected chi connectivity index (χ2v) is 1.67. The van der Waals surface area contributed by atoms with E-state index >= 15 is 0 Å². The molecule has 0 bridgehead atoms. The number of hydrogen-bond acceptors (Lipinski definition) is 4. The lowest BCUT2D eigenvalue weighted by atomic mass is 10.4. The van der Waals surface area contributed by atoms with Gasteiger partial charge in [-0.1, -0.05) is 10.8 Å². The summed E-state index contributed by atoms with van der Waals surface area (Å²) >= 11 is 0. The summed E-state index contributed by atoms with van der Waals surface area (Å²) in [5.74, 6) is 0. The van der Waals surface area contributed by atoms with Gasteiger partial charge in [0.05, 0.1) is 6.04 Å². The Labute approximate surface area is 41.8 Å². The predicted octanol–water partition coefficient (Wildman–Crippen LogP) is -0.00680. The molecule has 1 rings (SSSR count). The van der Waals surface area contributed by atoms with Crippen molar-refractivity contribution < 1.29 is 9.98 Å². The zero-order chi connectivity index (χ0) is 5.28. The highest BCUT2D eigenvalue weighted by molar-refractivity contribution is 4.41. The van der Waals surface area contributed by atoms with Crippen LogP contribution in [-0.2, 0) is 9.98 Å². The van der Waals surface area contributed by atoms with Gasteiger partial charge in [-0.3, -0.25) is 0 Å². The van der Waals surface area contributed by atoms with Gasteiger partial charge in [-0.2, -0.15) is 0 Å². The van der Waals surface area contributed by atoms with Crippen LogP contribution in [0.25, 0.3) is 0 Å². The van der Waals surface area contributed by atoms with E-state index in [0.717, 1.165) is 0 Å². The third-order valence-electron chi connectivity index (χ3n) is 0.714. The van der Waals surface area contributed by atoms with E-state index < -0.39 is 0 Å². The first-order chi connectivity index (χ1) is 3.30. The monoisotopic (exact) mass is 104 g/mol. The molecule has 0 aromatic carbocycles. The van der Waals surface area contributed by atoms with Gasteiger partial charge < -0.3 is 0 Å². The molecule has 1 saturated heterocycles. The minimum absolute atomic E-state index is 0.328. The van der Waals surface area contributed by atoms with Crippen LogP contribution in [0.2, 0.25) is 0 Å². The van der Waals surface area contributed by atoms with Crippen LogP contribution < -0.4 is 5.59 Å². The average Bonchev–Trinajstić information content (AvgIpc) is 1.23. The lowest BCUT2D eigenvalue weighted by Gasteiger charge is -2.29. The molecule has 0 aliphatic carbocycles. The molecule has 0 atom stereocenters. The van der Waals surface area contributed by atoms with Crippen LogP contribution in [0.3, 0.4) is 0 Å². The van der Waals surface area contributed by atoms with E-state index in [0.29, 0.717) is 6.04 Å². The van der Waals surface area contributed by atoms with Crippen molar-refractivity contribution >= 4 is 0 Å². The minimum Gasteiger partial charge on any atom is -0.105 e. The van der Waals surface area contributed by atoms with Crippen LogP contribution in [0.5, 0.6) is 0 Å². The number of hydroxylamine groups is 1. The lowest BCUT2D eigenvalue weighted by Crippen LogP contribution is -2.52. The number of hydrazine groups is 1. The highest BCUT2D eigenvalue weighted by Gasteiger charge is 2.19. The van der Waals surface area contributed by atoms with Gasteiger partial charge in [0.25, 0.3) is 0 Å². The quantitative estimate of drug-likeness (QED) is 0.474. The summed E-state index contributed by atoms with van der Waals surface area (Å²) in [7, 11) is 0. The number of rotatable bonds is 1. The van der Waals surface area contributed by atoms with Gasteiger partial charge in [0.15, 0.2) is 0 Å². The summed E-state index contributed by atoms with van der Waals surface area (Å²) in [6.45, 7) is 3.96. The van der Waals surface area contributed by atoms with E-state index in [1.54, 1.807) is 0 Å². The van der Waals surface area contributed by atoms with Crippen molar-refractivity contribution in [1.29, 1.82) is 0 Å². The molecule has 0 amide bonds. The standard InChI is InChI=1S/C3H8N2O2/c1-3(2)5-4-6-7-5/h3-4H,1-2H3. The molecule has 1 aliphatic heterocycles. The summed E-state index contributed by atoms with van der Waals surface area (Å²) in [6.07, 6.45) is 0. The van der Waals surface area contributed by atoms with Crippen LogP contribution in [0, 0.1) is 0 Å². The largest absolute Gasteiger partial charge is 0.105 e. The first kappa shape index (κ1) is 4.99. The molecule has 1 heterocycles. The first-order valence-electron chi connectivity index (χ1n) is 2.19. The van der Waals surface area contributed by atoms with Gasteiger partial charge in [-0.15, -0.1) is 9.98 Å². The third-order valence-corrected chi connectivity index (χ3v) is 0.714. The van der Waals surface area contributed by atoms with Crippen LogP contribution in [0.4, 0.5) is 0 Å². The summed E-state index contributed by atoms with van der Waals surface area (Å²) in [5.41, 5.74) is 2.46. The molecule has 0 radical (unpaired) electrons. The maximum absolute atomic E-state index is 4.41. The Morgan fingerprint density at radius 2 is 2.14 bits per heavy atom.